The van der Waals surface area contributed by atoms with Gasteiger partial charge in [-0.05, 0) is 37.3 Å². The number of hydrogen-bond donors (Lipinski definition) is 1. The molecule has 4 rings (SSSR count). The van der Waals surface area contributed by atoms with Crippen LogP contribution in [0.1, 0.15) is 16.2 Å². The number of carbonyl (C=O) groups excluding carboxylic acids is 1. The number of nitrogens with zero attached hydrogens (tertiary/aromatic N) is 3. The Bertz CT molecular complexity index is 1190. The third-order valence-electron chi connectivity index (χ3n) is 4.04. The van der Waals surface area contributed by atoms with E-state index in [1.165, 1.54) is 12.3 Å². The lowest BCUT2D eigenvalue weighted by molar-refractivity contribution is 0.102. The lowest BCUT2D eigenvalue weighted by Crippen LogP contribution is -2.13. The first-order valence-electron chi connectivity index (χ1n) is 8.35. The third-order valence-corrected chi connectivity index (χ3v) is 4.52. The molecule has 140 valence electrons. The van der Waals surface area contributed by atoms with Crippen molar-refractivity contribution in [1.82, 2.24) is 14.4 Å². The largest absolute Gasteiger partial charge is 0.435 e. The van der Waals surface area contributed by atoms with Gasteiger partial charge in [0.2, 0.25) is 5.88 Å². The van der Waals surface area contributed by atoms with Crippen LogP contribution in [0.25, 0.3) is 5.65 Å². The molecule has 4 aromatic rings. The van der Waals surface area contributed by atoms with E-state index in [4.69, 9.17) is 27.9 Å². The Kier molecular flexibility index (Phi) is 4.90. The first-order chi connectivity index (χ1) is 13.5. The first-order valence-corrected chi connectivity index (χ1v) is 9.11. The molecule has 1 N–H and O–H groups in total. The highest BCUT2D eigenvalue weighted by Crippen LogP contribution is 2.33. The second-order valence-electron chi connectivity index (χ2n) is 6.01. The number of amides is 1. The second kappa shape index (κ2) is 7.50. The average molecular weight is 413 g/mol. The molecule has 1 amide bonds. The molecule has 0 aliphatic rings. The van der Waals surface area contributed by atoms with E-state index in [1.807, 2.05) is 29.5 Å². The van der Waals surface area contributed by atoms with Crippen LogP contribution in [0.5, 0.6) is 11.6 Å². The van der Waals surface area contributed by atoms with Crippen molar-refractivity contribution in [2.24, 2.45) is 0 Å². The van der Waals surface area contributed by atoms with Crippen LogP contribution < -0.4 is 10.1 Å². The number of fused-ring (bicyclic) bond motifs is 1. The zero-order valence-electron chi connectivity index (χ0n) is 14.7. The molecular formula is C20H14Cl2N4O2. The van der Waals surface area contributed by atoms with Crippen LogP contribution >= 0.6 is 23.2 Å². The van der Waals surface area contributed by atoms with Gasteiger partial charge in [-0.2, -0.15) is 0 Å². The van der Waals surface area contributed by atoms with Gasteiger partial charge in [0, 0.05) is 18.1 Å². The fourth-order valence-corrected chi connectivity index (χ4v) is 3.10. The molecule has 0 aliphatic carbocycles. The van der Waals surface area contributed by atoms with Gasteiger partial charge >= 0.3 is 0 Å². The quantitative estimate of drug-likeness (QED) is 0.487. The number of carbonyl (C=O) groups is 1. The van der Waals surface area contributed by atoms with Gasteiger partial charge in [-0.25, -0.2) is 9.97 Å². The Morgan fingerprint density at radius 2 is 1.96 bits per heavy atom. The smallest absolute Gasteiger partial charge is 0.275 e. The van der Waals surface area contributed by atoms with Crippen LogP contribution in [-0.2, 0) is 0 Å². The van der Waals surface area contributed by atoms with E-state index in [1.54, 1.807) is 30.5 Å². The fourth-order valence-electron chi connectivity index (χ4n) is 2.68. The van der Waals surface area contributed by atoms with Gasteiger partial charge in [-0.3, -0.25) is 4.79 Å². The topological polar surface area (TPSA) is 68.5 Å². The Hall–Kier alpha value is -3.09. The predicted molar refractivity (Wildman–Crippen MR) is 109 cm³/mol. The van der Waals surface area contributed by atoms with Gasteiger partial charge in [0.15, 0.2) is 5.75 Å². The van der Waals surface area contributed by atoms with Crippen molar-refractivity contribution in [3.63, 3.8) is 0 Å². The highest BCUT2D eigenvalue weighted by Gasteiger charge is 2.15. The summed E-state index contributed by atoms with van der Waals surface area (Å²) in [6.45, 7) is 1.95. The number of imidazole rings is 1. The highest BCUT2D eigenvalue weighted by atomic mass is 35.5. The number of para-hydroxylation sites is 2. The van der Waals surface area contributed by atoms with Crippen LogP contribution in [0.2, 0.25) is 10.0 Å². The fraction of sp³-hybridized carbons (Fsp3) is 0.0500. The summed E-state index contributed by atoms with van der Waals surface area (Å²) >= 11 is 12.0. The molecular weight excluding hydrogens is 399 g/mol. The van der Waals surface area contributed by atoms with Gasteiger partial charge in [-0.1, -0.05) is 41.4 Å². The minimum Gasteiger partial charge on any atom is -0.435 e. The molecule has 6 nitrogen and oxygen atoms in total. The van der Waals surface area contributed by atoms with Crippen LogP contribution in [-0.4, -0.2) is 20.3 Å². The van der Waals surface area contributed by atoms with Gasteiger partial charge in [0.25, 0.3) is 5.91 Å². The van der Waals surface area contributed by atoms with E-state index in [9.17, 15) is 4.79 Å². The molecule has 0 saturated carbocycles. The highest BCUT2D eigenvalue weighted by molar-refractivity contribution is 6.35. The predicted octanol–water partition coefficient (Wildman–Crippen LogP) is 5.39. The molecule has 0 spiro atoms. The molecule has 0 aliphatic heterocycles. The molecule has 0 bridgehead atoms. The Morgan fingerprint density at radius 1 is 1.14 bits per heavy atom. The van der Waals surface area contributed by atoms with E-state index in [0.29, 0.717) is 27.8 Å². The Morgan fingerprint density at radius 3 is 2.75 bits per heavy atom. The number of nitrogens with one attached hydrogen (secondary N) is 1. The zero-order valence-corrected chi connectivity index (χ0v) is 16.2. The van der Waals surface area contributed by atoms with Crippen LogP contribution in [0, 0.1) is 6.92 Å². The normalized spacial score (nSPS) is 10.8. The summed E-state index contributed by atoms with van der Waals surface area (Å²) in [4.78, 5) is 21.2. The van der Waals surface area contributed by atoms with Crippen molar-refractivity contribution in [2.45, 2.75) is 6.92 Å². The summed E-state index contributed by atoms with van der Waals surface area (Å²) in [6, 6.07) is 14.2. The summed E-state index contributed by atoms with van der Waals surface area (Å²) in [5.41, 5.74) is 2.45. The molecule has 8 heteroatoms. The molecule has 0 saturated heterocycles. The van der Waals surface area contributed by atoms with E-state index in [0.717, 1.165) is 5.69 Å². The van der Waals surface area contributed by atoms with Crippen LogP contribution in [0.3, 0.4) is 0 Å². The van der Waals surface area contributed by atoms with Crippen LogP contribution in [0.4, 0.5) is 5.69 Å². The lowest BCUT2D eigenvalue weighted by Gasteiger charge is -2.11. The monoisotopic (exact) mass is 412 g/mol. The van der Waals surface area contributed by atoms with E-state index in [-0.39, 0.29) is 16.8 Å². The molecule has 3 aromatic heterocycles. The average Bonchev–Trinajstić information content (AvgIpc) is 3.11. The van der Waals surface area contributed by atoms with E-state index < -0.39 is 0 Å². The Balaban J connectivity index is 1.61. The maximum absolute atomic E-state index is 12.7. The standard InChI is InChI=1S/C20H14Cl2N4O2/c1-12-5-4-8-18-24-16(11-26(12)18)19(27)25-15-6-2-3-7-17(15)28-20-14(22)9-13(21)10-23-20/h2-11H,1H3,(H,25,27). The Labute approximate surface area is 170 Å². The van der Waals surface area contributed by atoms with Gasteiger partial charge in [0.05, 0.1) is 10.7 Å². The van der Waals surface area contributed by atoms with Gasteiger partial charge in [0.1, 0.15) is 16.4 Å². The number of aromatic nitrogens is 3. The number of halogens is 2. The zero-order chi connectivity index (χ0) is 19.7. The maximum atomic E-state index is 12.7. The molecule has 0 fully saturated rings. The SMILES string of the molecule is Cc1cccc2nc(C(=O)Nc3ccccc3Oc3ncc(Cl)cc3Cl)cn12. The van der Waals surface area contributed by atoms with Crippen molar-refractivity contribution >= 4 is 40.4 Å². The summed E-state index contributed by atoms with van der Waals surface area (Å²) < 4.78 is 7.62. The lowest BCUT2D eigenvalue weighted by atomic mass is 10.3. The van der Waals surface area contributed by atoms with Crippen molar-refractivity contribution in [3.8, 4) is 11.6 Å². The molecule has 0 atom stereocenters. The number of ether oxygens (including phenoxy) is 1. The summed E-state index contributed by atoms with van der Waals surface area (Å²) in [5, 5.41) is 3.49. The maximum Gasteiger partial charge on any atom is 0.275 e. The van der Waals surface area contributed by atoms with Gasteiger partial charge in [-0.15, -0.1) is 0 Å². The molecule has 1 aromatic carbocycles. The van der Waals surface area contributed by atoms with Gasteiger partial charge < -0.3 is 14.5 Å². The van der Waals surface area contributed by atoms with Crippen LogP contribution in [0.15, 0.2) is 60.9 Å². The third kappa shape index (κ3) is 3.65. The molecule has 28 heavy (non-hydrogen) atoms. The number of anilines is 1. The first kappa shape index (κ1) is 18.3. The number of hydrogen-bond acceptors (Lipinski definition) is 4. The number of rotatable bonds is 4. The minimum absolute atomic E-state index is 0.191. The number of benzene rings is 1. The molecule has 0 radical (unpaired) electrons. The molecule has 0 unspecified atom stereocenters. The summed E-state index contributed by atoms with van der Waals surface area (Å²) in [5.74, 6) is 0.234. The van der Waals surface area contributed by atoms with Crippen molar-refractivity contribution in [2.75, 3.05) is 5.32 Å². The second-order valence-corrected chi connectivity index (χ2v) is 6.86. The number of pyridine rings is 2. The minimum atomic E-state index is -0.352. The van der Waals surface area contributed by atoms with Crippen molar-refractivity contribution in [1.29, 1.82) is 0 Å². The van der Waals surface area contributed by atoms with Crippen molar-refractivity contribution < 1.29 is 9.53 Å². The van der Waals surface area contributed by atoms with E-state index in [2.05, 4.69) is 15.3 Å². The number of aryl methyl sites for hydroxylation is 1. The summed E-state index contributed by atoms with van der Waals surface area (Å²) in [6.07, 6.45) is 3.13. The molecule has 3 heterocycles. The van der Waals surface area contributed by atoms with E-state index >= 15 is 0 Å². The van der Waals surface area contributed by atoms with Crippen molar-refractivity contribution in [3.05, 3.63) is 82.4 Å². The summed E-state index contributed by atoms with van der Waals surface area (Å²) in [7, 11) is 0.